The quantitative estimate of drug-likeness (QED) is 0.303. The number of nitrogens with zero attached hydrogens (tertiary/aromatic N) is 1. The molecule has 2 N–H and O–H groups in total. The average molecular weight is 612 g/mol. The molecule has 1 fully saturated rings. The summed E-state index contributed by atoms with van der Waals surface area (Å²) in [7, 11) is 4.76. The predicted octanol–water partition coefficient (Wildman–Crippen LogP) is 1.74. The Labute approximate surface area is 254 Å². The van der Waals surface area contributed by atoms with E-state index in [9.17, 15) is 29.4 Å². The van der Waals surface area contributed by atoms with Crippen molar-refractivity contribution in [2.24, 2.45) is 11.8 Å². The molecule has 11 atom stereocenters. The second kappa shape index (κ2) is 17.7. The van der Waals surface area contributed by atoms with Gasteiger partial charge in [-0.1, -0.05) is 32.1 Å². The number of hydrogen-bond donors (Lipinski definition) is 2. The fourth-order valence-corrected chi connectivity index (χ4v) is 5.53. The normalized spacial score (nSPS) is 38.2. The van der Waals surface area contributed by atoms with E-state index in [-0.39, 0.29) is 31.5 Å². The van der Waals surface area contributed by atoms with E-state index in [4.69, 9.17) is 23.7 Å². The SMILES string of the molecule is CCC(=O)O[C@@H]1CC(=O)O[C@H](C)C/C=C/C=C/C(=O)[C@H](C)C[C@H](CC=O)[C@H](OC2OC(C)C(O)C(N(C)C)C2O)[C@H]1OC. The summed E-state index contributed by atoms with van der Waals surface area (Å²) in [4.78, 5) is 52.2. The Morgan fingerprint density at radius 2 is 1.81 bits per heavy atom. The molecule has 2 rings (SSSR count). The zero-order valence-electron chi connectivity index (χ0n) is 26.3. The molecule has 244 valence electrons. The van der Waals surface area contributed by atoms with Crippen LogP contribution in [0.1, 0.15) is 59.8 Å². The first kappa shape index (κ1) is 36.7. The van der Waals surface area contributed by atoms with E-state index in [2.05, 4.69) is 0 Å². The summed E-state index contributed by atoms with van der Waals surface area (Å²) in [6.07, 6.45) is -0.952. The molecule has 43 heavy (non-hydrogen) atoms. The van der Waals surface area contributed by atoms with Crippen LogP contribution in [0, 0.1) is 11.8 Å². The number of rotatable bonds is 8. The number of allylic oxidation sites excluding steroid dienone is 3. The maximum atomic E-state index is 13.0. The summed E-state index contributed by atoms with van der Waals surface area (Å²) in [5, 5.41) is 22.0. The van der Waals surface area contributed by atoms with Gasteiger partial charge in [0.15, 0.2) is 12.1 Å². The lowest BCUT2D eigenvalue weighted by Gasteiger charge is -2.46. The van der Waals surface area contributed by atoms with Crippen LogP contribution in [0.4, 0.5) is 0 Å². The second-order valence-electron chi connectivity index (χ2n) is 11.6. The number of esters is 2. The summed E-state index contributed by atoms with van der Waals surface area (Å²) < 4.78 is 29.4. The van der Waals surface area contributed by atoms with Gasteiger partial charge in [0, 0.05) is 32.3 Å². The number of ketones is 1. The first-order valence-corrected chi connectivity index (χ1v) is 14.9. The predicted molar refractivity (Wildman–Crippen MR) is 156 cm³/mol. The number of likely N-dealkylation sites (N-methyl/N-ethyl adjacent to an activating group) is 1. The van der Waals surface area contributed by atoms with Crippen LogP contribution in [0.15, 0.2) is 24.3 Å². The van der Waals surface area contributed by atoms with Crippen molar-refractivity contribution in [3.63, 3.8) is 0 Å². The lowest BCUT2D eigenvalue weighted by molar-refractivity contribution is -0.309. The number of cyclic esters (lactones) is 1. The molecule has 0 bridgehead atoms. The van der Waals surface area contributed by atoms with Gasteiger partial charge >= 0.3 is 11.9 Å². The molecular formula is C31H49NO11. The molecule has 12 nitrogen and oxygen atoms in total. The molecule has 0 spiro atoms. The fourth-order valence-electron chi connectivity index (χ4n) is 5.53. The smallest absolute Gasteiger partial charge is 0.309 e. The molecule has 0 amide bonds. The lowest BCUT2D eigenvalue weighted by atomic mass is 9.83. The van der Waals surface area contributed by atoms with Crippen LogP contribution in [0.5, 0.6) is 0 Å². The zero-order valence-corrected chi connectivity index (χ0v) is 26.3. The van der Waals surface area contributed by atoms with Crippen LogP contribution in [0.2, 0.25) is 0 Å². The van der Waals surface area contributed by atoms with Crippen LogP contribution in [-0.4, -0.2) is 115 Å². The number of ether oxygens (including phenoxy) is 5. The maximum Gasteiger partial charge on any atom is 0.309 e. The average Bonchev–Trinajstić information content (AvgIpc) is 2.94. The molecule has 0 aromatic rings. The third kappa shape index (κ3) is 10.6. The first-order valence-electron chi connectivity index (χ1n) is 14.9. The minimum atomic E-state index is -1.33. The van der Waals surface area contributed by atoms with E-state index in [0.717, 1.165) is 0 Å². The van der Waals surface area contributed by atoms with Crippen molar-refractivity contribution in [3.05, 3.63) is 24.3 Å². The molecule has 2 heterocycles. The Morgan fingerprint density at radius 3 is 2.42 bits per heavy atom. The third-order valence-electron chi connectivity index (χ3n) is 7.91. The number of carbonyl (C=O) groups is 4. The number of aliphatic hydroxyl groups is 2. The van der Waals surface area contributed by atoms with Crippen molar-refractivity contribution in [1.29, 1.82) is 0 Å². The summed E-state index contributed by atoms with van der Waals surface area (Å²) in [5.41, 5.74) is 0. The van der Waals surface area contributed by atoms with Crippen molar-refractivity contribution >= 4 is 24.0 Å². The van der Waals surface area contributed by atoms with E-state index >= 15 is 0 Å². The molecule has 1 saturated heterocycles. The van der Waals surface area contributed by atoms with Crippen LogP contribution in [-0.2, 0) is 42.9 Å². The van der Waals surface area contributed by atoms with Crippen molar-refractivity contribution in [3.8, 4) is 0 Å². The summed E-state index contributed by atoms with van der Waals surface area (Å²) in [5.74, 6) is -2.63. The highest BCUT2D eigenvalue weighted by Crippen LogP contribution is 2.33. The van der Waals surface area contributed by atoms with Crippen LogP contribution in [0.25, 0.3) is 0 Å². The monoisotopic (exact) mass is 611 g/mol. The first-order chi connectivity index (χ1) is 20.3. The number of hydrogen-bond acceptors (Lipinski definition) is 12. The minimum Gasteiger partial charge on any atom is -0.462 e. The van der Waals surface area contributed by atoms with E-state index in [1.54, 1.807) is 64.9 Å². The van der Waals surface area contributed by atoms with E-state index in [1.165, 1.54) is 13.2 Å². The number of carbonyl (C=O) groups excluding carboxylic acids is 4. The number of methoxy groups -OCH3 is 1. The van der Waals surface area contributed by atoms with Gasteiger partial charge in [-0.3, -0.25) is 14.4 Å². The summed E-state index contributed by atoms with van der Waals surface area (Å²) in [6.45, 7) is 6.70. The molecule has 0 saturated carbocycles. The van der Waals surface area contributed by atoms with Gasteiger partial charge in [0.05, 0.1) is 30.8 Å². The topological polar surface area (TPSA) is 158 Å². The standard InChI is InChI=1S/C31H49NO11/c1-8-24(35)42-23-17-25(36)40-19(3)12-10-9-11-13-22(34)18(2)16-21(14-15-33)29(30(23)39-7)43-31-28(38)26(32(5)6)27(37)20(4)41-31/h9-11,13,15,18-21,23,26-31,37-38H,8,12,14,16-17H2,1-7H3/b10-9+,13-11+/t18-,19-,20?,21+,23-,26?,27?,28?,29+,30+,31?/m1/s1. The maximum absolute atomic E-state index is 13.0. The summed E-state index contributed by atoms with van der Waals surface area (Å²) >= 11 is 0. The van der Waals surface area contributed by atoms with Crippen molar-refractivity contribution < 1.29 is 53.1 Å². The molecular weight excluding hydrogens is 562 g/mol. The molecule has 0 aliphatic carbocycles. The highest BCUT2D eigenvalue weighted by atomic mass is 16.7. The molecule has 2 aliphatic heterocycles. The Kier molecular flexibility index (Phi) is 15.1. The van der Waals surface area contributed by atoms with Crippen LogP contribution >= 0.6 is 0 Å². The van der Waals surface area contributed by atoms with Gasteiger partial charge in [-0.2, -0.15) is 0 Å². The van der Waals surface area contributed by atoms with Crippen LogP contribution in [0.3, 0.4) is 0 Å². The Hall–Kier alpha value is -2.48. The highest BCUT2D eigenvalue weighted by molar-refractivity contribution is 5.91. The van der Waals surface area contributed by atoms with Crippen molar-refractivity contribution in [2.45, 2.75) is 115 Å². The molecule has 5 unspecified atom stereocenters. The summed E-state index contributed by atoms with van der Waals surface area (Å²) in [6, 6.07) is -0.755. The molecule has 12 heteroatoms. The van der Waals surface area contributed by atoms with E-state index in [0.29, 0.717) is 12.7 Å². The fraction of sp³-hybridized carbons (Fsp3) is 0.742. The van der Waals surface area contributed by atoms with Gasteiger partial charge in [-0.05, 0) is 46.4 Å². The van der Waals surface area contributed by atoms with Gasteiger partial charge in [0.2, 0.25) is 0 Å². The van der Waals surface area contributed by atoms with E-state index in [1.807, 2.05) is 0 Å². The van der Waals surface area contributed by atoms with Gasteiger partial charge in [-0.25, -0.2) is 0 Å². The number of aliphatic hydroxyl groups excluding tert-OH is 2. The number of aldehydes is 1. The molecule has 0 radical (unpaired) electrons. The molecule has 0 aromatic heterocycles. The largest absolute Gasteiger partial charge is 0.462 e. The van der Waals surface area contributed by atoms with Gasteiger partial charge in [0.25, 0.3) is 0 Å². The minimum absolute atomic E-state index is 0.0225. The lowest BCUT2D eigenvalue weighted by Crippen LogP contribution is -2.63. The Morgan fingerprint density at radius 1 is 1.12 bits per heavy atom. The van der Waals surface area contributed by atoms with Gasteiger partial charge in [0.1, 0.15) is 30.7 Å². The molecule has 0 aromatic carbocycles. The third-order valence-corrected chi connectivity index (χ3v) is 7.91. The second-order valence-corrected chi connectivity index (χ2v) is 11.6. The van der Waals surface area contributed by atoms with Crippen LogP contribution < -0.4 is 0 Å². The Balaban J connectivity index is 2.63. The van der Waals surface area contributed by atoms with Crippen molar-refractivity contribution in [2.75, 3.05) is 21.2 Å². The molecule has 2 aliphatic rings. The van der Waals surface area contributed by atoms with Gasteiger partial charge in [-0.15, -0.1) is 0 Å². The van der Waals surface area contributed by atoms with Gasteiger partial charge < -0.3 is 43.6 Å². The zero-order chi connectivity index (χ0) is 32.3. The highest BCUT2D eigenvalue weighted by Gasteiger charge is 2.48. The van der Waals surface area contributed by atoms with Crippen molar-refractivity contribution in [1.82, 2.24) is 4.90 Å². The van der Waals surface area contributed by atoms with E-state index < -0.39 is 78.8 Å². The Bertz CT molecular complexity index is 983.